The molecule has 4 heteroatoms. The molecule has 1 unspecified atom stereocenters. The largest absolute Gasteiger partial charge is 0.363 e. The summed E-state index contributed by atoms with van der Waals surface area (Å²) in [5, 5.41) is 4.42. The molecule has 2 aromatic rings. The van der Waals surface area contributed by atoms with Crippen LogP contribution in [-0.4, -0.2) is 12.4 Å². The van der Waals surface area contributed by atoms with Crippen molar-refractivity contribution in [1.29, 1.82) is 0 Å². The first kappa shape index (κ1) is 17.8. The fourth-order valence-electron chi connectivity index (χ4n) is 2.82. The summed E-state index contributed by atoms with van der Waals surface area (Å²) in [6.07, 6.45) is 4.72. The molecule has 122 valence electrons. The van der Waals surface area contributed by atoms with Crippen LogP contribution in [0.4, 0.5) is 0 Å². The molecule has 0 saturated carbocycles. The van der Waals surface area contributed by atoms with Gasteiger partial charge in [-0.2, -0.15) is 0 Å². The van der Waals surface area contributed by atoms with Gasteiger partial charge in [0.1, 0.15) is 0 Å². The number of benzene rings is 2. The summed E-state index contributed by atoms with van der Waals surface area (Å²) in [5.74, 6) is 1.13. The van der Waals surface area contributed by atoms with Crippen molar-refractivity contribution in [3.63, 3.8) is 0 Å². The monoisotopic (exact) mass is 348 g/mol. The quantitative estimate of drug-likeness (QED) is 0.787. The van der Waals surface area contributed by atoms with E-state index in [2.05, 4.69) is 41.7 Å². The van der Waals surface area contributed by atoms with Crippen molar-refractivity contribution in [2.75, 3.05) is 6.54 Å². The van der Waals surface area contributed by atoms with Gasteiger partial charge < -0.3 is 5.32 Å². The second-order valence-corrected chi connectivity index (χ2v) is 6.12. The van der Waals surface area contributed by atoms with Crippen LogP contribution in [0.5, 0.6) is 0 Å². The molecule has 0 aliphatic carbocycles. The normalized spacial score (nSPS) is 15.8. The van der Waals surface area contributed by atoms with E-state index >= 15 is 0 Å². The molecule has 0 bridgehead atoms. The Labute approximate surface area is 149 Å². The standard InChI is InChI=1S/C19H21ClN2.ClH/c20-17-12-10-16(11-13-17)19(15-7-3-1-4-8-15)22-18-9-5-2-6-14-21-18;/h1,3-4,7-8,10-13,19H,2,5-6,9,14H2,(H,21,22);1H. The van der Waals surface area contributed by atoms with Gasteiger partial charge in [0.05, 0.1) is 11.9 Å². The summed E-state index contributed by atoms with van der Waals surface area (Å²) in [7, 11) is 0. The van der Waals surface area contributed by atoms with Crippen LogP contribution >= 0.6 is 24.0 Å². The van der Waals surface area contributed by atoms with Crippen LogP contribution in [-0.2, 0) is 0 Å². The molecule has 1 atom stereocenters. The number of nitrogens with one attached hydrogen (secondary N) is 1. The van der Waals surface area contributed by atoms with Gasteiger partial charge in [0, 0.05) is 18.0 Å². The zero-order valence-electron chi connectivity index (χ0n) is 13.0. The molecular formula is C19H22Cl2N2. The highest BCUT2D eigenvalue weighted by Crippen LogP contribution is 2.24. The maximum Gasteiger partial charge on any atom is 0.0970 e. The average molecular weight is 349 g/mol. The summed E-state index contributed by atoms with van der Waals surface area (Å²) in [6, 6.07) is 18.7. The molecule has 0 saturated heterocycles. The summed E-state index contributed by atoms with van der Waals surface area (Å²) in [5.41, 5.74) is 2.46. The van der Waals surface area contributed by atoms with Gasteiger partial charge in [-0.15, -0.1) is 12.4 Å². The predicted octanol–water partition coefficient (Wildman–Crippen LogP) is 5.41. The molecule has 23 heavy (non-hydrogen) atoms. The van der Waals surface area contributed by atoms with Crippen molar-refractivity contribution in [1.82, 2.24) is 5.32 Å². The number of aliphatic imine (C=N–C) groups is 1. The Morgan fingerprint density at radius 2 is 1.57 bits per heavy atom. The molecule has 1 aliphatic heterocycles. The molecule has 2 nitrogen and oxygen atoms in total. The van der Waals surface area contributed by atoms with Gasteiger partial charge in [-0.3, -0.25) is 4.99 Å². The molecule has 0 amide bonds. The van der Waals surface area contributed by atoms with Crippen LogP contribution in [0.2, 0.25) is 5.02 Å². The third-order valence-corrected chi connectivity index (χ3v) is 4.27. The Kier molecular flexibility index (Phi) is 6.94. The smallest absolute Gasteiger partial charge is 0.0970 e. The topological polar surface area (TPSA) is 24.4 Å². The molecule has 0 radical (unpaired) electrons. The van der Waals surface area contributed by atoms with Crippen molar-refractivity contribution >= 4 is 29.8 Å². The van der Waals surface area contributed by atoms with Gasteiger partial charge in [-0.05, 0) is 36.1 Å². The van der Waals surface area contributed by atoms with E-state index in [9.17, 15) is 0 Å². The van der Waals surface area contributed by atoms with E-state index in [1.165, 1.54) is 30.4 Å². The molecule has 0 spiro atoms. The highest BCUT2D eigenvalue weighted by molar-refractivity contribution is 6.30. The third-order valence-electron chi connectivity index (χ3n) is 4.02. The Morgan fingerprint density at radius 1 is 0.870 bits per heavy atom. The zero-order valence-corrected chi connectivity index (χ0v) is 14.6. The van der Waals surface area contributed by atoms with Crippen molar-refractivity contribution in [2.24, 2.45) is 4.99 Å². The lowest BCUT2D eigenvalue weighted by molar-refractivity contribution is 0.717. The van der Waals surface area contributed by atoms with Crippen LogP contribution in [0.25, 0.3) is 0 Å². The minimum Gasteiger partial charge on any atom is -0.363 e. The van der Waals surface area contributed by atoms with E-state index in [1.54, 1.807) is 0 Å². The minimum atomic E-state index is 0. The summed E-state index contributed by atoms with van der Waals surface area (Å²) in [6.45, 7) is 0.935. The Hall–Kier alpha value is -1.51. The Balaban J connectivity index is 0.00000192. The number of nitrogens with zero attached hydrogens (tertiary/aromatic N) is 1. The second-order valence-electron chi connectivity index (χ2n) is 5.68. The van der Waals surface area contributed by atoms with Gasteiger partial charge in [-0.1, -0.05) is 60.5 Å². The van der Waals surface area contributed by atoms with E-state index in [1.807, 2.05) is 18.2 Å². The molecule has 3 rings (SSSR count). The molecular weight excluding hydrogens is 327 g/mol. The van der Waals surface area contributed by atoms with E-state index < -0.39 is 0 Å². The molecule has 1 N–H and O–H groups in total. The highest BCUT2D eigenvalue weighted by atomic mass is 35.5. The van der Waals surface area contributed by atoms with Crippen LogP contribution in [0, 0.1) is 0 Å². The van der Waals surface area contributed by atoms with E-state index in [4.69, 9.17) is 16.6 Å². The molecule has 1 aliphatic rings. The first-order chi connectivity index (χ1) is 10.8. The summed E-state index contributed by atoms with van der Waals surface area (Å²) < 4.78 is 0. The summed E-state index contributed by atoms with van der Waals surface area (Å²) >= 11 is 6.03. The lowest BCUT2D eigenvalue weighted by Gasteiger charge is -2.22. The third kappa shape index (κ3) is 4.98. The van der Waals surface area contributed by atoms with E-state index in [0.717, 1.165) is 23.8 Å². The average Bonchev–Trinajstić information content (AvgIpc) is 2.83. The first-order valence-electron chi connectivity index (χ1n) is 7.93. The Bertz CT molecular complexity index is 624. The predicted molar refractivity (Wildman–Crippen MR) is 101 cm³/mol. The van der Waals surface area contributed by atoms with E-state index in [-0.39, 0.29) is 18.4 Å². The zero-order chi connectivity index (χ0) is 15.2. The SMILES string of the molecule is Cl.Clc1ccc(C(NC2=NCCCCC2)c2ccccc2)cc1. The van der Waals surface area contributed by atoms with Gasteiger partial charge in [0.25, 0.3) is 0 Å². The van der Waals surface area contributed by atoms with Gasteiger partial charge >= 0.3 is 0 Å². The number of hydrogen-bond acceptors (Lipinski definition) is 2. The lowest BCUT2D eigenvalue weighted by atomic mass is 9.98. The van der Waals surface area contributed by atoms with Crippen LogP contribution < -0.4 is 5.32 Å². The van der Waals surface area contributed by atoms with Crippen LogP contribution in [0.1, 0.15) is 42.9 Å². The molecule has 0 fully saturated rings. The first-order valence-corrected chi connectivity index (χ1v) is 8.31. The fourth-order valence-corrected chi connectivity index (χ4v) is 2.94. The maximum absolute atomic E-state index is 6.03. The lowest BCUT2D eigenvalue weighted by Crippen LogP contribution is -2.29. The fraction of sp³-hybridized carbons (Fsp3) is 0.316. The number of rotatable bonds is 3. The van der Waals surface area contributed by atoms with Crippen LogP contribution in [0.15, 0.2) is 59.6 Å². The van der Waals surface area contributed by atoms with Gasteiger partial charge in [0.2, 0.25) is 0 Å². The number of hydrogen-bond donors (Lipinski definition) is 1. The molecule has 1 heterocycles. The van der Waals surface area contributed by atoms with Crippen LogP contribution in [0.3, 0.4) is 0 Å². The highest BCUT2D eigenvalue weighted by Gasteiger charge is 2.16. The molecule has 2 aromatic carbocycles. The van der Waals surface area contributed by atoms with E-state index in [0.29, 0.717) is 0 Å². The van der Waals surface area contributed by atoms with Gasteiger partial charge in [0.15, 0.2) is 0 Å². The molecule has 0 aromatic heterocycles. The van der Waals surface area contributed by atoms with Crippen molar-refractivity contribution in [3.05, 3.63) is 70.7 Å². The van der Waals surface area contributed by atoms with Crippen molar-refractivity contribution in [3.8, 4) is 0 Å². The minimum absolute atomic E-state index is 0. The summed E-state index contributed by atoms with van der Waals surface area (Å²) in [4.78, 5) is 4.71. The Morgan fingerprint density at radius 3 is 2.30 bits per heavy atom. The number of amidine groups is 1. The number of halogens is 2. The van der Waals surface area contributed by atoms with Crippen molar-refractivity contribution < 1.29 is 0 Å². The van der Waals surface area contributed by atoms with Gasteiger partial charge in [-0.25, -0.2) is 0 Å². The second kappa shape index (κ2) is 8.95. The van der Waals surface area contributed by atoms with Crippen molar-refractivity contribution in [2.45, 2.75) is 31.7 Å². The maximum atomic E-state index is 6.03.